The Hall–Kier alpha value is -2.67. The van der Waals surface area contributed by atoms with Crippen molar-refractivity contribution < 1.29 is 4.79 Å². The van der Waals surface area contributed by atoms with Gasteiger partial charge in [0.25, 0.3) is 5.91 Å². The van der Waals surface area contributed by atoms with Crippen LogP contribution >= 0.6 is 11.5 Å². The van der Waals surface area contributed by atoms with Gasteiger partial charge in [0.1, 0.15) is 5.82 Å². The largest absolute Gasteiger partial charge is 0.398 e. The van der Waals surface area contributed by atoms with Crippen LogP contribution in [0.15, 0.2) is 36.4 Å². The molecule has 2 aromatic carbocycles. The van der Waals surface area contributed by atoms with Crippen molar-refractivity contribution in [2.45, 2.75) is 19.8 Å². The molecule has 2 heterocycles. The molecular formula is C20H23N5OS. The predicted octanol–water partition coefficient (Wildman–Crippen LogP) is 3.19. The van der Waals surface area contributed by atoms with Crippen LogP contribution in [0.5, 0.6) is 0 Å². The van der Waals surface area contributed by atoms with E-state index >= 15 is 0 Å². The minimum absolute atomic E-state index is 0.00612. The highest BCUT2D eigenvalue weighted by atomic mass is 32.1. The number of anilines is 2. The second kappa shape index (κ2) is 7.52. The first-order chi connectivity index (χ1) is 13.2. The van der Waals surface area contributed by atoms with Crippen molar-refractivity contribution in [2.24, 2.45) is 0 Å². The second-order valence-electron chi connectivity index (χ2n) is 6.77. The maximum absolute atomic E-state index is 13.1. The molecule has 140 valence electrons. The summed E-state index contributed by atoms with van der Waals surface area (Å²) in [5.41, 5.74) is 7.32. The Morgan fingerprint density at radius 3 is 2.67 bits per heavy atom. The Morgan fingerprint density at radius 1 is 1.15 bits per heavy atom. The highest BCUT2D eigenvalue weighted by Crippen LogP contribution is 2.24. The van der Waals surface area contributed by atoms with Crippen LogP contribution < -0.4 is 10.6 Å². The van der Waals surface area contributed by atoms with E-state index < -0.39 is 0 Å². The lowest BCUT2D eigenvalue weighted by atomic mass is 10.0. The summed E-state index contributed by atoms with van der Waals surface area (Å²) in [6, 6.07) is 11.8. The first-order valence-corrected chi connectivity index (χ1v) is 10.1. The van der Waals surface area contributed by atoms with Crippen LogP contribution in [-0.2, 0) is 6.42 Å². The Morgan fingerprint density at radius 2 is 1.93 bits per heavy atom. The maximum Gasteiger partial charge on any atom is 0.256 e. The van der Waals surface area contributed by atoms with E-state index in [-0.39, 0.29) is 5.91 Å². The lowest BCUT2D eigenvalue weighted by molar-refractivity contribution is 0.0768. The molecule has 0 aliphatic carbocycles. The van der Waals surface area contributed by atoms with E-state index in [1.54, 1.807) is 0 Å². The number of hydrogen-bond donors (Lipinski definition) is 1. The summed E-state index contributed by atoms with van der Waals surface area (Å²) in [5, 5.41) is 3.04. The number of amides is 1. The number of nitrogens with two attached hydrogens (primary N) is 1. The van der Waals surface area contributed by atoms with Gasteiger partial charge in [-0.1, -0.05) is 31.2 Å². The average molecular weight is 382 g/mol. The fourth-order valence-electron chi connectivity index (χ4n) is 3.44. The quantitative estimate of drug-likeness (QED) is 0.705. The van der Waals surface area contributed by atoms with Gasteiger partial charge in [0, 0.05) is 49.8 Å². The number of nitrogen functional groups attached to an aromatic ring is 1. The Kier molecular flexibility index (Phi) is 4.94. The second-order valence-corrected chi connectivity index (χ2v) is 7.50. The van der Waals surface area contributed by atoms with Crippen LogP contribution in [0.1, 0.15) is 29.5 Å². The molecule has 1 fully saturated rings. The summed E-state index contributed by atoms with van der Waals surface area (Å²) < 4.78 is 4.37. The number of carbonyl (C=O) groups is 1. The highest BCUT2D eigenvalue weighted by molar-refractivity contribution is 7.09. The Balaban J connectivity index is 1.52. The lowest BCUT2D eigenvalue weighted by Gasteiger charge is -2.22. The normalized spacial score (nSPS) is 15.1. The molecule has 2 N–H and O–H groups in total. The van der Waals surface area contributed by atoms with Gasteiger partial charge < -0.3 is 15.5 Å². The smallest absolute Gasteiger partial charge is 0.256 e. The molecule has 0 radical (unpaired) electrons. The molecule has 1 aliphatic heterocycles. The molecule has 3 aromatic rings. The molecule has 1 amide bonds. The molecule has 0 spiro atoms. The van der Waals surface area contributed by atoms with Gasteiger partial charge in [0.15, 0.2) is 0 Å². The first-order valence-electron chi connectivity index (χ1n) is 9.31. The number of rotatable bonds is 3. The number of fused-ring (bicyclic) bond motifs is 1. The van der Waals surface area contributed by atoms with Crippen LogP contribution in [-0.4, -0.2) is 46.3 Å². The Labute approximate surface area is 162 Å². The average Bonchev–Trinajstić information content (AvgIpc) is 3.03. The SMILES string of the molecule is CCc1nsc(N2CCCN(C(=O)c3cc4ccccc4cc3N)CC2)n1. The van der Waals surface area contributed by atoms with E-state index in [9.17, 15) is 4.79 Å². The standard InChI is InChI=1S/C20H23N5OS/c1-2-18-22-20(27-23-18)25-9-5-8-24(10-11-25)19(26)16-12-14-6-3-4-7-15(14)13-17(16)21/h3-4,6-7,12-13H,2,5,8-11,21H2,1H3. The van der Waals surface area contributed by atoms with Gasteiger partial charge in [0.2, 0.25) is 5.13 Å². The van der Waals surface area contributed by atoms with Crippen LogP contribution in [0, 0.1) is 0 Å². The summed E-state index contributed by atoms with van der Waals surface area (Å²) in [6.45, 7) is 5.09. The maximum atomic E-state index is 13.1. The van der Waals surface area contributed by atoms with Gasteiger partial charge >= 0.3 is 0 Å². The highest BCUT2D eigenvalue weighted by Gasteiger charge is 2.23. The molecule has 1 aromatic heterocycles. The van der Waals surface area contributed by atoms with Gasteiger partial charge in [-0.2, -0.15) is 4.37 Å². The van der Waals surface area contributed by atoms with Crippen LogP contribution in [0.25, 0.3) is 10.8 Å². The molecular weight excluding hydrogens is 358 g/mol. The van der Waals surface area contributed by atoms with Gasteiger partial charge in [-0.25, -0.2) is 4.98 Å². The molecule has 7 heteroatoms. The molecule has 1 saturated heterocycles. The van der Waals surface area contributed by atoms with Crippen molar-refractivity contribution in [3.05, 3.63) is 47.8 Å². The minimum Gasteiger partial charge on any atom is -0.398 e. The van der Waals surface area contributed by atoms with Crippen molar-refractivity contribution in [1.82, 2.24) is 14.3 Å². The van der Waals surface area contributed by atoms with E-state index in [0.29, 0.717) is 17.8 Å². The predicted molar refractivity (Wildman–Crippen MR) is 110 cm³/mol. The number of benzene rings is 2. The third-order valence-electron chi connectivity index (χ3n) is 4.98. The third-order valence-corrected chi connectivity index (χ3v) is 5.79. The Bertz CT molecular complexity index is 970. The molecule has 6 nitrogen and oxygen atoms in total. The minimum atomic E-state index is 0.00612. The molecule has 1 aliphatic rings. The van der Waals surface area contributed by atoms with Crippen LogP contribution in [0.2, 0.25) is 0 Å². The zero-order valence-electron chi connectivity index (χ0n) is 15.4. The topological polar surface area (TPSA) is 75.4 Å². The van der Waals surface area contributed by atoms with E-state index in [4.69, 9.17) is 5.73 Å². The molecule has 0 saturated carbocycles. The van der Waals surface area contributed by atoms with Crippen molar-refractivity contribution in [2.75, 3.05) is 36.8 Å². The molecule has 0 bridgehead atoms. The van der Waals surface area contributed by atoms with Gasteiger partial charge in [0.05, 0.1) is 5.56 Å². The van der Waals surface area contributed by atoms with E-state index in [1.165, 1.54) is 11.5 Å². The summed E-state index contributed by atoms with van der Waals surface area (Å²) in [4.78, 5) is 21.8. The van der Waals surface area contributed by atoms with E-state index in [1.807, 2.05) is 41.3 Å². The molecule has 0 unspecified atom stereocenters. The summed E-state index contributed by atoms with van der Waals surface area (Å²) in [5.74, 6) is 0.891. The summed E-state index contributed by atoms with van der Waals surface area (Å²) in [6.07, 6.45) is 1.75. The van der Waals surface area contributed by atoms with Crippen molar-refractivity contribution in [3.8, 4) is 0 Å². The summed E-state index contributed by atoms with van der Waals surface area (Å²) >= 11 is 1.44. The number of hydrogen-bond acceptors (Lipinski definition) is 6. The first kappa shape index (κ1) is 17.7. The van der Waals surface area contributed by atoms with Crippen molar-refractivity contribution in [3.63, 3.8) is 0 Å². The molecule has 4 rings (SSSR count). The third kappa shape index (κ3) is 3.60. The molecule has 27 heavy (non-hydrogen) atoms. The molecule has 0 atom stereocenters. The number of aromatic nitrogens is 2. The van der Waals surface area contributed by atoms with Gasteiger partial charge in [-0.3, -0.25) is 4.79 Å². The van der Waals surface area contributed by atoms with E-state index in [2.05, 4.69) is 21.2 Å². The van der Waals surface area contributed by atoms with E-state index in [0.717, 1.165) is 54.2 Å². The fraction of sp³-hybridized carbons (Fsp3) is 0.350. The van der Waals surface area contributed by atoms with Gasteiger partial charge in [-0.15, -0.1) is 0 Å². The number of nitrogens with zero attached hydrogens (tertiary/aromatic N) is 4. The fourth-order valence-corrected chi connectivity index (χ4v) is 4.24. The van der Waals surface area contributed by atoms with Crippen LogP contribution in [0.4, 0.5) is 10.8 Å². The summed E-state index contributed by atoms with van der Waals surface area (Å²) in [7, 11) is 0. The van der Waals surface area contributed by atoms with Gasteiger partial charge in [-0.05, 0) is 29.3 Å². The monoisotopic (exact) mass is 381 g/mol. The van der Waals surface area contributed by atoms with Crippen molar-refractivity contribution in [1.29, 1.82) is 0 Å². The zero-order chi connectivity index (χ0) is 18.8. The van der Waals surface area contributed by atoms with Crippen molar-refractivity contribution >= 4 is 39.0 Å². The number of aryl methyl sites for hydroxylation is 1. The lowest BCUT2D eigenvalue weighted by Crippen LogP contribution is -2.35. The zero-order valence-corrected chi connectivity index (χ0v) is 16.2. The van der Waals surface area contributed by atoms with Crippen LogP contribution in [0.3, 0.4) is 0 Å². The number of carbonyl (C=O) groups excluding carboxylic acids is 1.